The number of aldehydes is 1. The van der Waals surface area contributed by atoms with Crippen molar-refractivity contribution in [2.24, 2.45) is 0 Å². The lowest BCUT2D eigenvalue weighted by Crippen LogP contribution is -2.23. The Kier molecular flexibility index (Phi) is 3.85. The molecule has 0 spiro atoms. The quantitative estimate of drug-likeness (QED) is 0.800. The first-order chi connectivity index (χ1) is 9.66. The largest absolute Gasteiger partial charge is 0.501 e. The minimum atomic E-state index is -5.49. The molecule has 21 heavy (non-hydrogen) atoms. The van der Waals surface area contributed by atoms with E-state index < -0.39 is 20.2 Å². The Bertz CT molecular complexity index is 793. The minimum absolute atomic E-state index is 0.0112. The molecule has 4 nitrogen and oxygen atoms in total. The lowest BCUT2D eigenvalue weighted by Gasteiger charge is -2.09. The molecule has 1 aromatic carbocycles. The number of halogens is 4. The number of hydrogen-bond acceptors (Lipinski definition) is 4. The number of hydrogen-bond donors (Lipinski definition) is 0. The van der Waals surface area contributed by atoms with Crippen molar-refractivity contribution in [2.75, 3.05) is 0 Å². The van der Waals surface area contributed by atoms with Crippen molar-refractivity contribution in [1.29, 1.82) is 0 Å². The van der Waals surface area contributed by atoms with E-state index in [4.69, 9.17) is 16.0 Å². The highest BCUT2D eigenvalue weighted by Gasteiger charge is 2.47. The maximum Gasteiger partial charge on any atom is 0.501 e. The van der Waals surface area contributed by atoms with Crippen LogP contribution in [0.4, 0.5) is 13.2 Å². The molecule has 0 radical (unpaired) electrons. The van der Waals surface area contributed by atoms with E-state index in [0.717, 1.165) is 18.2 Å². The number of rotatable bonds is 3. The van der Waals surface area contributed by atoms with Gasteiger partial charge in [-0.3, -0.25) is 4.79 Å². The first kappa shape index (κ1) is 15.6. The molecule has 0 fully saturated rings. The highest BCUT2D eigenvalue weighted by atomic mass is 35.5. The van der Waals surface area contributed by atoms with Crippen molar-refractivity contribution in [1.82, 2.24) is 0 Å². The highest BCUT2D eigenvalue weighted by Crippen LogP contribution is 2.35. The van der Waals surface area contributed by atoms with Gasteiger partial charge in [-0.05, 0) is 30.3 Å². The van der Waals surface area contributed by atoms with Gasteiger partial charge in [0.15, 0.2) is 12.0 Å². The number of furan rings is 1. The molecule has 0 bridgehead atoms. The summed E-state index contributed by atoms with van der Waals surface area (Å²) in [6, 6.07) is 5.09. The summed E-state index contributed by atoms with van der Waals surface area (Å²) in [6.07, 6.45) is 0.397. The van der Waals surface area contributed by atoms with Gasteiger partial charge in [-0.2, -0.15) is 13.2 Å². The smallest absolute Gasteiger partial charge is 0.453 e. The standard InChI is InChI=1S/C12H6ClF3O4S/c13-10-3-2-8(21(18,19)12(14,15)16)5-9(10)11-4-1-7(6-17)20-11/h1-6H. The van der Waals surface area contributed by atoms with Gasteiger partial charge in [-0.15, -0.1) is 0 Å². The van der Waals surface area contributed by atoms with Gasteiger partial charge in [-0.1, -0.05) is 11.6 Å². The maximum absolute atomic E-state index is 12.5. The van der Waals surface area contributed by atoms with Crippen LogP contribution in [0.5, 0.6) is 0 Å². The van der Waals surface area contributed by atoms with E-state index in [1.165, 1.54) is 12.1 Å². The predicted molar refractivity (Wildman–Crippen MR) is 67.8 cm³/mol. The normalized spacial score (nSPS) is 12.4. The molecule has 2 aromatic rings. The zero-order valence-corrected chi connectivity index (χ0v) is 11.6. The van der Waals surface area contributed by atoms with E-state index in [2.05, 4.69) is 0 Å². The third-order valence-corrected chi connectivity index (χ3v) is 4.37. The molecule has 0 atom stereocenters. The molecule has 112 valence electrons. The van der Waals surface area contributed by atoms with Gasteiger partial charge >= 0.3 is 5.51 Å². The summed E-state index contributed by atoms with van der Waals surface area (Å²) >= 11 is 5.82. The molecule has 0 N–H and O–H groups in total. The van der Waals surface area contributed by atoms with Crippen LogP contribution in [-0.2, 0) is 9.84 Å². The fourth-order valence-electron chi connectivity index (χ4n) is 1.55. The van der Waals surface area contributed by atoms with Crippen LogP contribution in [0, 0.1) is 0 Å². The van der Waals surface area contributed by atoms with E-state index in [9.17, 15) is 26.4 Å². The average molecular weight is 339 g/mol. The van der Waals surface area contributed by atoms with Crippen LogP contribution in [0.1, 0.15) is 10.6 Å². The van der Waals surface area contributed by atoms with Gasteiger partial charge in [0, 0.05) is 5.56 Å². The minimum Gasteiger partial charge on any atom is -0.453 e. The average Bonchev–Trinajstić information content (AvgIpc) is 2.86. The van der Waals surface area contributed by atoms with Crippen LogP contribution in [0.15, 0.2) is 39.6 Å². The van der Waals surface area contributed by atoms with Gasteiger partial charge in [0.05, 0.1) is 9.92 Å². The maximum atomic E-state index is 12.5. The summed E-state index contributed by atoms with van der Waals surface area (Å²) in [7, 11) is -5.49. The summed E-state index contributed by atoms with van der Waals surface area (Å²) in [5.41, 5.74) is -5.48. The van der Waals surface area contributed by atoms with Crippen molar-refractivity contribution in [3.8, 4) is 11.3 Å². The van der Waals surface area contributed by atoms with Gasteiger partial charge in [-0.25, -0.2) is 8.42 Å². The van der Waals surface area contributed by atoms with Gasteiger partial charge < -0.3 is 4.42 Å². The van der Waals surface area contributed by atoms with Crippen LogP contribution >= 0.6 is 11.6 Å². The van der Waals surface area contributed by atoms with E-state index in [1.807, 2.05) is 0 Å². The molecule has 0 unspecified atom stereocenters. The van der Waals surface area contributed by atoms with Crippen molar-refractivity contribution in [3.05, 3.63) is 41.1 Å². The fraction of sp³-hybridized carbons (Fsp3) is 0.0833. The molecule has 0 aliphatic rings. The van der Waals surface area contributed by atoms with Crippen molar-refractivity contribution >= 4 is 27.7 Å². The van der Waals surface area contributed by atoms with Crippen LogP contribution in [-0.4, -0.2) is 20.2 Å². The van der Waals surface area contributed by atoms with Crippen molar-refractivity contribution < 1.29 is 30.8 Å². The Morgan fingerprint density at radius 2 is 1.81 bits per heavy atom. The molecule has 9 heteroatoms. The zero-order valence-electron chi connectivity index (χ0n) is 10.0. The second kappa shape index (κ2) is 5.19. The molecule has 2 rings (SSSR count). The molecule has 0 saturated heterocycles. The van der Waals surface area contributed by atoms with E-state index in [-0.39, 0.29) is 22.1 Å². The lowest BCUT2D eigenvalue weighted by atomic mass is 10.2. The lowest BCUT2D eigenvalue weighted by molar-refractivity contribution is -0.0436. The first-order valence-corrected chi connectivity index (χ1v) is 7.19. The molecule has 0 aliphatic heterocycles. The Hall–Kier alpha value is -1.80. The molecule has 0 amide bonds. The third kappa shape index (κ3) is 2.81. The van der Waals surface area contributed by atoms with E-state index in [0.29, 0.717) is 6.29 Å². The van der Waals surface area contributed by atoms with Crippen LogP contribution in [0.3, 0.4) is 0 Å². The monoisotopic (exact) mass is 338 g/mol. The first-order valence-electron chi connectivity index (χ1n) is 5.33. The van der Waals surface area contributed by atoms with E-state index in [1.54, 1.807) is 0 Å². The summed E-state index contributed by atoms with van der Waals surface area (Å²) < 4.78 is 65.3. The number of benzene rings is 1. The summed E-state index contributed by atoms with van der Waals surface area (Å²) in [5, 5.41) is -0.0112. The molecule has 1 heterocycles. The molecule has 0 saturated carbocycles. The van der Waals surface area contributed by atoms with Gasteiger partial charge in [0.2, 0.25) is 0 Å². The van der Waals surface area contributed by atoms with E-state index >= 15 is 0 Å². The molecular weight excluding hydrogens is 333 g/mol. The number of carbonyl (C=O) groups excluding carboxylic acids is 1. The number of alkyl halides is 3. The highest BCUT2D eigenvalue weighted by molar-refractivity contribution is 7.92. The molecule has 1 aromatic heterocycles. The van der Waals surface area contributed by atoms with Crippen LogP contribution in [0.2, 0.25) is 5.02 Å². The number of carbonyl (C=O) groups is 1. The second-order valence-corrected chi connectivity index (χ2v) is 6.26. The SMILES string of the molecule is O=Cc1ccc(-c2cc(S(=O)(=O)C(F)(F)F)ccc2Cl)o1. The van der Waals surface area contributed by atoms with Crippen molar-refractivity contribution in [3.63, 3.8) is 0 Å². The third-order valence-electron chi connectivity index (χ3n) is 2.56. The van der Waals surface area contributed by atoms with Crippen LogP contribution in [0.25, 0.3) is 11.3 Å². The summed E-state index contributed by atoms with van der Waals surface area (Å²) in [6.45, 7) is 0. The number of sulfone groups is 1. The van der Waals surface area contributed by atoms with Crippen LogP contribution < -0.4 is 0 Å². The van der Waals surface area contributed by atoms with Gasteiger partial charge in [0.25, 0.3) is 9.84 Å². The second-order valence-electron chi connectivity index (χ2n) is 3.91. The van der Waals surface area contributed by atoms with Gasteiger partial charge in [0.1, 0.15) is 5.76 Å². The predicted octanol–water partition coefficient (Wildman–Crippen LogP) is 3.71. The Morgan fingerprint density at radius 3 is 2.33 bits per heavy atom. The zero-order chi connectivity index (χ0) is 15.8. The Labute approximate surface area is 122 Å². The topological polar surface area (TPSA) is 64.3 Å². The van der Waals surface area contributed by atoms with Crippen molar-refractivity contribution in [2.45, 2.75) is 10.4 Å². The molecular formula is C12H6ClF3O4S. The molecule has 0 aliphatic carbocycles. The Balaban J connectivity index is 2.60. The summed E-state index contributed by atoms with van der Waals surface area (Å²) in [5.74, 6) is -0.0773. The summed E-state index contributed by atoms with van der Waals surface area (Å²) in [4.78, 5) is 9.56. The Morgan fingerprint density at radius 1 is 1.14 bits per heavy atom. The fourth-order valence-corrected chi connectivity index (χ4v) is 2.55.